The van der Waals surface area contributed by atoms with Crippen LogP contribution in [0.3, 0.4) is 0 Å². The maximum absolute atomic E-state index is 13.1. The number of carbonyl (C=O) groups excluding carboxylic acids is 1. The van der Waals surface area contributed by atoms with E-state index < -0.39 is 10.0 Å². The lowest BCUT2D eigenvalue weighted by Gasteiger charge is -2.32. The molecule has 2 unspecified atom stereocenters. The molecular weight excluding hydrogens is 450 g/mol. The zero-order valence-corrected chi connectivity index (χ0v) is 20.1. The Balaban J connectivity index is 1.49. The number of hydrogen-bond acceptors (Lipinski definition) is 5. The van der Waals surface area contributed by atoms with Crippen LogP contribution < -0.4 is 5.32 Å². The average Bonchev–Trinajstić information content (AvgIpc) is 3.28. The second kappa shape index (κ2) is 10.3. The number of aliphatic imine (C=N–C) groups is 1. The van der Waals surface area contributed by atoms with Crippen molar-refractivity contribution in [2.45, 2.75) is 43.5 Å². The first-order valence-corrected chi connectivity index (χ1v) is 12.8. The fraction of sp³-hybridized carbons (Fsp3) is 0.320. The molecule has 1 saturated heterocycles. The number of piperidine rings is 1. The van der Waals surface area contributed by atoms with Gasteiger partial charge < -0.3 is 5.32 Å². The third-order valence-electron chi connectivity index (χ3n) is 6.01. The number of fused-ring (bicyclic) bond motifs is 1. The number of nitrogens with one attached hydrogen (secondary N) is 2. The van der Waals surface area contributed by atoms with Crippen LogP contribution in [0.2, 0.25) is 0 Å². The highest BCUT2D eigenvalue weighted by Crippen LogP contribution is 2.26. The molecule has 8 nitrogen and oxygen atoms in total. The van der Waals surface area contributed by atoms with Gasteiger partial charge >= 0.3 is 0 Å². The van der Waals surface area contributed by atoms with Crippen molar-refractivity contribution in [2.24, 2.45) is 4.99 Å². The van der Waals surface area contributed by atoms with Crippen molar-refractivity contribution < 1.29 is 13.2 Å². The number of rotatable bonds is 7. The summed E-state index contributed by atoms with van der Waals surface area (Å²) < 4.78 is 27.4. The number of amides is 1. The van der Waals surface area contributed by atoms with Crippen LogP contribution in [0, 0.1) is 0 Å². The molecule has 0 saturated carbocycles. The standard InChI is InChI=1S/C25H29N5O3S/c1-3-26-14-13-18(2)24-22-16-19(11-12-23(22)28-29-24)25(31)27-20-8-7-15-30(17-20)34(32,33)21-9-5-4-6-10-21/h3-6,9-14,16,18,20H,7-8,15,17H2,1-2H3,(H,27,31)(H,28,29)/b14-13-,26-3?. The van der Waals surface area contributed by atoms with Gasteiger partial charge in [0.2, 0.25) is 10.0 Å². The molecule has 0 bridgehead atoms. The minimum atomic E-state index is -3.59. The van der Waals surface area contributed by atoms with Gasteiger partial charge in [0.1, 0.15) is 0 Å². The lowest BCUT2D eigenvalue weighted by molar-refractivity contribution is 0.0921. The number of nitrogens with zero attached hydrogens (tertiary/aromatic N) is 3. The van der Waals surface area contributed by atoms with Crippen LogP contribution in [0.1, 0.15) is 48.7 Å². The van der Waals surface area contributed by atoms with E-state index in [9.17, 15) is 13.2 Å². The number of hydrogen-bond donors (Lipinski definition) is 2. The van der Waals surface area contributed by atoms with E-state index in [0.717, 1.165) is 23.0 Å². The van der Waals surface area contributed by atoms with Gasteiger partial charge in [-0.25, -0.2) is 8.42 Å². The zero-order chi connectivity index (χ0) is 24.1. The lowest BCUT2D eigenvalue weighted by atomic mass is 10.0. The maximum Gasteiger partial charge on any atom is 0.251 e. The summed E-state index contributed by atoms with van der Waals surface area (Å²) >= 11 is 0. The van der Waals surface area contributed by atoms with E-state index in [1.54, 1.807) is 48.8 Å². The Kier molecular flexibility index (Phi) is 7.23. The first kappa shape index (κ1) is 23.8. The number of benzene rings is 2. The summed E-state index contributed by atoms with van der Waals surface area (Å²) in [5.41, 5.74) is 2.20. The van der Waals surface area contributed by atoms with Crippen LogP contribution in [0.4, 0.5) is 0 Å². The average molecular weight is 480 g/mol. The molecule has 3 aromatic rings. The number of allylic oxidation sites excluding steroid dienone is 1. The normalized spacial score (nSPS) is 18.6. The summed E-state index contributed by atoms with van der Waals surface area (Å²) in [4.78, 5) is 17.4. The Morgan fingerprint density at radius 3 is 2.82 bits per heavy atom. The summed E-state index contributed by atoms with van der Waals surface area (Å²) in [6.07, 6.45) is 6.83. The van der Waals surface area contributed by atoms with Crippen molar-refractivity contribution in [2.75, 3.05) is 13.1 Å². The van der Waals surface area contributed by atoms with Crippen molar-refractivity contribution >= 4 is 33.0 Å². The van der Waals surface area contributed by atoms with Crippen LogP contribution in [0.15, 0.2) is 70.7 Å². The molecule has 34 heavy (non-hydrogen) atoms. The van der Waals surface area contributed by atoms with Gasteiger partial charge in [-0.15, -0.1) is 0 Å². The van der Waals surface area contributed by atoms with Crippen molar-refractivity contribution in [1.29, 1.82) is 0 Å². The third-order valence-corrected chi connectivity index (χ3v) is 7.89. The number of aromatic amines is 1. The summed E-state index contributed by atoms with van der Waals surface area (Å²) in [5, 5.41) is 11.3. The van der Waals surface area contributed by atoms with Crippen LogP contribution in [0.5, 0.6) is 0 Å². The van der Waals surface area contributed by atoms with Crippen molar-refractivity contribution in [1.82, 2.24) is 19.8 Å². The summed E-state index contributed by atoms with van der Waals surface area (Å²) in [6, 6.07) is 13.5. The summed E-state index contributed by atoms with van der Waals surface area (Å²) in [5.74, 6) is -0.182. The molecule has 1 aliphatic rings. The first-order valence-electron chi connectivity index (χ1n) is 11.4. The molecule has 1 amide bonds. The fourth-order valence-corrected chi connectivity index (χ4v) is 5.71. The molecule has 0 spiro atoms. The predicted molar refractivity (Wildman–Crippen MR) is 134 cm³/mol. The van der Waals surface area contributed by atoms with E-state index in [1.165, 1.54) is 4.31 Å². The second-order valence-electron chi connectivity index (χ2n) is 8.40. The number of carbonyl (C=O) groups is 1. The number of aromatic nitrogens is 2. The quantitative estimate of drug-likeness (QED) is 0.502. The minimum absolute atomic E-state index is 0.0436. The molecule has 1 aromatic heterocycles. The first-order chi connectivity index (χ1) is 16.4. The van der Waals surface area contributed by atoms with Crippen LogP contribution in [-0.4, -0.2) is 54.2 Å². The molecule has 2 aromatic carbocycles. The molecule has 9 heteroatoms. The largest absolute Gasteiger partial charge is 0.348 e. The highest BCUT2D eigenvalue weighted by atomic mass is 32.2. The fourth-order valence-electron chi connectivity index (χ4n) is 4.17. The van der Waals surface area contributed by atoms with Gasteiger partial charge in [-0.1, -0.05) is 31.2 Å². The van der Waals surface area contributed by atoms with Gasteiger partial charge in [-0.3, -0.25) is 14.9 Å². The van der Waals surface area contributed by atoms with Crippen molar-refractivity contribution in [3.8, 4) is 0 Å². The molecule has 2 heterocycles. The van der Waals surface area contributed by atoms with Crippen molar-refractivity contribution in [3.63, 3.8) is 0 Å². The Morgan fingerprint density at radius 2 is 2.06 bits per heavy atom. The molecular formula is C25H29N5O3S. The van der Waals surface area contributed by atoms with Gasteiger partial charge in [0, 0.05) is 54.1 Å². The predicted octanol–water partition coefficient (Wildman–Crippen LogP) is 3.85. The Morgan fingerprint density at radius 1 is 1.26 bits per heavy atom. The SMILES string of the molecule is CC=N/C=C\C(C)c1[nH]nc2ccc(C(=O)NC3CCCN(S(=O)(=O)c4ccccc4)C3)cc12. The van der Waals surface area contributed by atoms with E-state index >= 15 is 0 Å². The van der Waals surface area contributed by atoms with Gasteiger partial charge in [0.25, 0.3) is 5.91 Å². The van der Waals surface area contributed by atoms with E-state index in [0.29, 0.717) is 18.5 Å². The monoisotopic (exact) mass is 479 g/mol. The molecule has 4 rings (SSSR count). The van der Waals surface area contributed by atoms with E-state index in [-0.39, 0.29) is 29.3 Å². The maximum atomic E-state index is 13.1. The van der Waals surface area contributed by atoms with Gasteiger partial charge in [0.05, 0.1) is 10.4 Å². The molecule has 1 aliphatic heterocycles. The molecule has 2 N–H and O–H groups in total. The van der Waals surface area contributed by atoms with E-state index in [2.05, 4.69) is 20.5 Å². The number of sulfonamides is 1. The topological polar surface area (TPSA) is 108 Å². The molecule has 178 valence electrons. The third kappa shape index (κ3) is 5.10. The van der Waals surface area contributed by atoms with Crippen LogP contribution >= 0.6 is 0 Å². The molecule has 1 fully saturated rings. The Bertz CT molecular complexity index is 1310. The van der Waals surface area contributed by atoms with Crippen LogP contribution in [-0.2, 0) is 10.0 Å². The molecule has 2 atom stereocenters. The summed E-state index contributed by atoms with van der Waals surface area (Å²) in [6.45, 7) is 4.59. The van der Waals surface area contributed by atoms with Crippen molar-refractivity contribution in [3.05, 3.63) is 72.1 Å². The van der Waals surface area contributed by atoms with Gasteiger partial charge in [-0.05, 0) is 50.1 Å². The lowest BCUT2D eigenvalue weighted by Crippen LogP contribution is -2.49. The second-order valence-corrected chi connectivity index (χ2v) is 10.3. The molecule has 0 aliphatic carbocycles. The minimum Gasteiger partial charge on any atom is -0.348 e. The van der Waals surface area contributed by atoms with Gasteiger partial charge in [0.15, 0.2) is 0 Å². The van der Waals surface area contributed by atoms with E-state index in [1.807, 2.05) is 32.1 Å². The van der Waals surface area contributed by atoms with Crippen LogP contribution in [0.25, 0.3) is 10.9 Å². The number of H-pyrrole nitrogens is 1. The molecule has 0 radical (unpaired) electrons. The highest BCUT2D eigenvalue weighted by Gasteiger charge is 2.31. The van der Waals surface area contributed by atoms with Gasteiger partial charge in [-0.2, -0.15) is 9.40 Å². The van der Waals surface area contributed by atoms with E-state index in [4.69, 9.17) is 0 Å². The highest BCUT2D eigenvalue weighted by molar-refractivity contribution is 7.89. The Hall–Kier alpha value is -3.30. The Labute approximate surface area is 199 Å². The smallest absolute Gasteiger partial charge is 0.251 e. The zero-order valence-electron chi connectivity index (χ0n) is 19.3. The summed E-state index contributed by atoms with van der Waals surface area (Å²) in [7, 11) is -3.59.